The SMILES string of the molecule is CC(O)CN(Cc1c(O)ccc2ccccc12)CC(C)O. The fraction of sp³-hybridized carbons (Fsp3) is 0.412. The number of nitrogens with zero attached hydrogens (tertiary/aromatic N) is 1. The van der Waals surface area contributed by atoms with Crippen LogP contribution in [0.2, 0.25) is 0 Å². The van der Waals surface area contributed by atoms with Gasteiger partial charge in [-0.25, -0.2) is 0 Å². The second kappa shape index (κ2) is 6.89. The van der Waals surface area contributed by atoms with E-state index in [1.807, 2.05) is 35.2 Å². The minimum atomic E-state index is -0.485. The van der Waals surface area contributed by atoms with Gasteiger partial charge in [-0.1, -0.05) is 30.3 Å². The number of hydrogen-bond donors (Lipinski definition) is 3. The van der Waals surface area contributed by atoms with Crippen LogP contribution in [0.4, 0.5) is 0 Å². The van der Waals surface area contributed by atoms with Crippen LogP contribution in [0.5, 0.6) is 5.75 Å². The Labute approximate surface area is 125 Å². The summed E-state index contributed by atoms with van der Waals surface area (Å²) in [5.74, 6) is 0.245. The molecule has 0 saturated heterocycles. The monoisotopic (exact) mass is 289 g/mol. The standard InChI is InChI=1S/C17H23NO3/c1-12(19)9-18(10-13(2)20)11-16-15-6-4-3-5-14(15)7-8-17(16)21/h3-8,12-13,19-21H,9-11H2,1-2H3. The molecule has 0 spiro atoms. The van der Waals surface area contributed by atoms with E-state index >= 15 is 0 Å². The molecule has 4 nitrogen and oxygen atoms in total. The van der Waals surface area contributed by atoms with Crippen LogP contribution in [0.3, 0.4) is 0 Å². The average Bonchev–Trinajstić information content (AvgIpc) is 2.40. The summed E-state index contributed by atoms with van der Waals surface area (Å²) in [6, 6.07) is 11.5. The molecule has 114 valence electrons. The molecule has 0 bridgehead atoms. The first kappa shape index (κ1) is 15.8. The van der Waals surface area contributed by atoms with Crippen molar-refractivity contribution in [2.24, 2.45) is 0 Å². The van der Waals surface area contributed by atoms with Crippen molar-refractivity contribution in [1.82, 2.24) is 4.90 Å². The highest BCUT2D eigenvalue weighted by molar-refractivity contribution is 5.87. The molecule has 0 heterocycles. The minimum Gasteiger partial charge on any atom is -0.508 e. The van der Waals surface area contributed by atoms with Gasteiger partial charge in [-0.05, 0) is 30.7 Å². The number of benzene rings is 2. The van der Waals surface area contributed by atoms with Crippen molar-refractivity contribution in [2.75, 3.05) is 13.1 Å². The molecule has 2 atom stereocenters. The molecule has 3 N–H and O–H groups in total. The summed E-state index contributed by atoms with van der Waals surface area (Å²) < 4.78 is 0. The van der Waals surface area contributed by atoms with Crippen molar-refractivity contribution in [1.29, 1.82) is 0 Å². The summed E-state index contributed by atoms with van der Waals surface area (Å²) >= 11 is 0. The molecule has 2 unspecified atom stereocenters. The van der Waals surface area contributed by atoms with Gasteiger partial charge < -0.3 is 15.3 Å². The summed E-state index contributed by atoms with van der Waals surface area (Å²) in [5, 5.41) is 31.5. The second-order valence-corrected chi connectivity index (χ2v) is 5.68. The van der Waals surface area contributed by atoms with E-state index in [0.29, 0.717) is 19.6 Å². The van der Waals surface area contributed by atoms with E-state index in [1.165, 1.54) is 0 Å². The number of aliphatic hydroxyl groups is 2. The highest BCUT2D eigenvalue weighted by atomic mass is 16.3. The van der Waals surface area contributed by atoms with Crippen LogP contribution in [0.25, 0.3) is 10.8 Å². The molecule has 0 radical (unpaired) electrons. The zero-order chi connectivity index (χ0) is 15.4. The van der Waals surface area contributed by atoms with E-state index in [1.54, 1.807) is 19.9 Å². The maximum Gasteiger partial charge on any atom is 0.120 e. The molecule has 0 amide bonds. The second-order valence-electron chi connectivity index (χ2n) is 5.68. The number of phenolic OH excluding ortho intramolecular Hbond substituents is 1. The predicted octanol–water partition coefficient (Wildman–Crippen LogP) is 2.11. The van der Waals surface area contributed by atoms with Gasteiger partial charge in [0, 0.05) is 25.2 Å². The van der Waals surface area contributed by atoms with Crippen molar-refractivity contribution in [2.45, 2.75) is 32.6 Å². The number of hydrogen-bond acceptors (Lipinski definition) is 4. The lowest BCUT2D eigenvalue weighted by Crippen LogP contribution is -2.35. The molecule has 2 aromatic carbocycles. The van der Waals surface area contributed by atoms with E-state index in [-0.39, 0.29) is 5.75 Å². The number of aromatic hydroxyl groups is 1. The van der Waals surface area contributed by atoms with Crippen LogP contribution < -0.4 is 0 Å². The molecule has 0 fully saturated rings. The zero-order valence-electron chi connectivity index (χ0n) is 12.5. The van der Waals surface area contributed by atoms with Gasteiger partial charge in [0.2, 0.25) is 0 Å². The topological polar surface area (TPSA) is 63.9 Å². The van der Waals surface area contributed by atoms with Gasteiger partial charge in [-0.3, -0.25) is 4.90 Å². The first-order valence-electron chi connectivity index (χ1n) is 7.25. The average molecular weight is 289 g/mol. The maximum absolute atomic E-state index is 10.2. The summed E-state index contributed by atoms with van der Waals surface area (Å²) in [5.41, 5.74) is 0.828. The van der Waals surface area contributed by atoms with E-state index in [9.17, 15) is 15.3 Å². The molecule has 2 rings (SSSR count). The predicted molar refractivity (Wildman–Crippen MR) is 84.3 cm³/mol. The van der Waals surface area contributed by atoms with Crippen molar-refractivity contribution in [3.63, 3.8) is 0 Å². The molecule has 2 aromatic rings. The molecule has 0 aliphatic heterocycles. The Balaban J connectivity index is 2.33. The first-order valence-corrected chi connectivity index (χ1v) is 7.25. The highest BCUT2D eigenvalue weighted by Gasteiger charge is 2.15. The van der Waals surface area contributed by atoms with Crippen molar-refractivity contribution >= 4 is 10.8 Å². The Bertz CT molecular complexity index is 586. The smallest absolute Gasteiger partial charge is 0.120 e. The van der Waals surface area contributed by atoms with Gasteiger partial charge in [0.25, 0.3) is 0 Å². The molecule has 0 aromatic heterocycles. The van der Waals surface area contributed by atoms with Crippen LogP contribution in [0.1, 0.15) is 19.4 Å². The van der Waals surface area contributed by atoms with Gasteiger partial charge in [0.05, 0.1) is 12.2 Å². The van der Waals surface area contributed by atoms with Crippen LogP contribution in [-0.2, 0) is 6.54 Å². The van der Waals surface area contributed by atoms with Crippen LogP contribution >= 0.6 is 0 Å². The minimum absolute atomic E-state index is 0.245. The lowest BCUT2D eigenvalue weighted by atomic mass is 10.0. The Morgan fingerprint density at radius 2 is 1.57 bits per heavy atom. The zero-order valence-corrected chi connectivity index (χ0v) is 12.5. The maximum atomic E-state index is 10.2. The van der Waals surface area contributed by atoms with Gasteiger partial charge in [-0.15, -0.1) is 0 Å². The van der Waals surface area contributed by atoms with Crippen molar-refractivity contribution < 1.29 is 15.3 Å². The molecular weight excluding hydrogens is 266 g/mol. The Hall–Kier alpha value is -1.62. The van der Waals surface area contributed by atoms with Crippen molar-refractivity contribution in [3.05, 3.63) is 42.0 Å². The number of phenols is 1. The third-order valence-electron chi connectivity index (χ3n) is 3.44. The summed E-state index contributed by atoms with van der Waals surface area (Å²) in [6.45, 7) is 4.83. The number of fused-ring (bicyclic) bond motifs is 1. The van der Waals surface area contributed by atoms with Gasteiger partial charge in [0.15, 0.2) is 0 Å². The molecule has 0 aliphatic rings. The molecule has 0 aliphatic carbocycles. The van der Waals surface area contributed by atoms with Crippen LogP contribution in [0.15, 0.2) is 36.4 Å². The Kier molecular flexibility index (Phi) is 5.17. The Morgan fingerprint density at radius 3 is 2.19 bits per heavy atom. The quantitative estimate of drug-likeness (QED) is 0.762. The Morgan fingerprint density at radius 1 is 0.952 bits per heavy atom. The molecular formula is C17H23NO3. The lowest BCUT2D eigenvalue weighted by molar-refractivity contribution is 0.0792. The summed E-state index contributed by atoms with van der Waals surface area (Å²) in [6.07, 6.45) is -0.971. The van der Waals surface area contributed by atoms with E-state index < -0.39 is 12.2 Å². The van der Waals surface area contributed by atoms with Gasteiger partial charge >= 0.3 is 0 Å². The van der Waals surface area contributed by atoms with Crippen LogP contribution in [-0.4, -0.2) is 45.5 Å². The summed E-state index contributed by atoms with van der Waals surface area (Å²) in [7, 11) is 0. The molecule has 0 saturated carbocycles. The van der Waals surface area contributed by atoms with Gasteiger partial charge in [0.1, 0.15) is 5.75 Å². The van der Waals surface area contributed by atoms with Crippen molar-refractivity contribution in [3.8, 4) is 5.75 Å². The fourth-order valence-electron chi connectivity index (χ4n) is 2.67. The molecule has 21 heavy (non-hydrogen) atoms. The highest BCUT2D eigenvalue weighted by Crippen LogP contribution is 2.28. The number of aliphatic hydroxyl groups excluding tert-OH is 2. The fourth-order valence-corrected chi connectivity index (χ4v) is 2.67. The van der Waals surface area contributed by atoms with Crippen LogP contribution in [0, 0.1) is 0 Å². The van der Waals surface area contributed by atoms with E-state index in [2.05, 4.69) is 0 Å². The largest absolute Gasteiger partial charge is 0.508 e. The lowest BCUT2D eigenvalue weighted by Gasteiger charge is -2.26. The van der Waals surface area contributed by atoms with E-state index in [4.69, 9.17) is 0 Å². The van der Waals surface area contributed by atoms with E-state index in [0.717, 1.165) is 16.3 Å². The first-order chi connectivity index (χ1) is 9.97. The normalized spacial score (nSPS) is 14.5. The summed E-state index contributed by atoms with van der Waals surface area (Å²) in [4.78, 5) is 1.96. The third kappa shape index (κ3) is 4.17. The number of rotatable bonds is 6. The third-order valence-corrected chi connectivity index (χ3v) is 3.44. The van der Waals surface area contributed by atoms with Gasteiger partial charge in [-0.2, -0.15) is 0 Å². The molecule has 4 heteroatoms.